The van der Waals surface area contributed by atoms with E-state index in [-0.39, 0.29) is 5.91 Å². The molecule has 0 saturated carbocycles. The standard InChI is InChI=1S/C15H17BrN2O/c1-11(7-8-16)10-18-15(19)13-4-2-6-14-12(13)5-3-9-17-14/h2-6,9,11H,7-8,10H2,1H3,(H,18,19). The summed E-state index contributed by atoms with van der Waals surface area (Å²) in [4.78, 5) is 16.5. The summed E-state index contributed by atoms with van der Waals surface area (Å²) in [5.74, 6) is 0.441. The number of hydrogen-bond acceptors (Lipinski definition) is 2. The zero-order chi connectivity index (χ0) is 13.7. The average molecular weight is 321 g/mol. The Hall–Kier alpha value is -1.42. The fraction of sp³-hybridized carbons (Fsp3) is 0.333. The Labute approximate surface area is 121 Å². The SMILES string of the molecule is CC(CCBr)CNC(=O)c1cccc2ncccc12. The number of nitrogens with zero attached hydrogens (tertiary/aromatic N) is 1. The van der Waals surface area contributed by atoms with Crippen molar-refractivity contribution in [1.82, 2.24) is 10.3 Å². The van der Waals surface area contributed by atoms with Gasteiger partial charge in [-0.3, -0.25) is 9.78 Å². The van der Waals surface area contributed by atoms with Crippen LogP contribution in [0.1, 0.15) is 23.7 Å². The molecule has 2 rings (SSSR count). The molecule has 1 aromatic heterocycles. The first-order chi connectivity index (χ1) is 9.22. The van der Waals surface area contributed by atoms with Crippen molar-refractivity contribution >= 4 is 32.7 Å². The molecule has 1 amide bonds. The van der Waals surface area contributed by atoms with Crippen molar-refractivity contribution < 1.29 is 4.79 Å². The molecule has 0 radical (unpaired) electrons. The molecule has 1 unspecified atom stereocenters. The van der Waals surface area contributed by atoms with Crippen LogP contribution in [0.25, 0.3) is 10.9 Å². The summed E-state index contributed by atoms with van der Waals surface area (Å²) in [7, 11) is 0. The number of carbonyl (C=O) groups is 1. The Balaban J connectivity index is 2.13. The molecule has 1 heterocycles. The lowest BCUT2D eigenvalue weighted by molar-refractivity contribution is 0.0949. The monoisotopic (exact) mass is 320 g/mol. The van der Waals surface area contributed by atoms with Gasteiger partial charge >= 0.3 is 0 Å². The van der Waals surface area contributed by atoms with Gasteiger partial charge in [-0.15, -0.1) is 0 Å². The van der Waals surface area contributed by atoms with E-state index in [0.717, 1.165) is 22.7 Å². The molecule has 0 fully saturated rings. The predicted molar refractivity (Wildman–Crippen MR) is 81.7 cm³/mol. The van der Waals surface area contributed by atoms with Crippen molar-refractivity contribution in [3.05, 3.63) is 42.1 Å². The van der Waals surface area contributed by atoms with Crippen LogP contribution in [0, 0.1) is 5.92 Å². The van der Waals surface area contributed by atoms with Crippen LogP contribution in [0.5, 0.6) is 0 Å². The molecule has 0 aliphatic carbocycles. The highest BCUT2D eigenvalue weighted by atomic mass is 79.9. The molecule has 2 aromatic rings. The van der Waals surface area contributed by atoms with Crippen molar-refractivity contribution in [3.63, 3.8) is 0 Å². The predicted octanol–water partition coefficient (Wildman–Crippen LogP) is 3.39. The van der Waals surface area contributed by atoms with E-state index in [1.807, 2.05) is 30.3 Å². The minimum atomic E-state index is -0.0278. The molecule has 0 aliphatic heterocycles. The van der Waals surface area contributed by atoms with Gasteiger partial charge in [-0.25, -0.2) is 0 Å². The van der Waals surface area contributed by atoms with Crippen molar-refractivity contribution in [2.75, 3.05) is 11.9 Å². The van der Waals surface area contributed by atoms with Crippen LogP contribution >= 0.6 is 15.9 Å². The highest BCUT2D eigenvalue weighted by Gasteiger charge is 2.11. The molecule has 1 aromatic carbocycles. The topological polar surface area (TPSA) is 42.0 Å². The molecule has 0 bridgehead atoms. The summed E-state index contributed by atoms with van der Waals surface area (Å²) < 4.78 is 0. The normalized spacial score (nSPS) is 12.3. The Bertz CT molecular complexity index is 566. The molecule has 1 atom stereocenters. The number of benzene rings is 1. The number of pyridine rings is 1. The molecular formula is C15H17BrN2O. The molecule has 100 valence electrons. The zero-order valence-electron chi connectivity index (χ0n) is 10.9. The second-order valence-corrected chi connectivity index (χ2v) is 5.46. The fourth-order valence-electron chi connectivity index (χ4n) is 1.95. The van der Waals surface area contributed by atoms with Gasteiger partial charge in [0.25, 0.3) is 5.91 Å². The number of fused-ring (bicyclic) bond motifs is 1. The lowest BCUT2D eigenvalue weighted by Gasteiger charge is -2.12. The molecule has 3 nitrogen and oxygen atoms in total. The fourth-order valence-corrected chi connectivity index (χ4v) is 2.73. The number of alkyl halides is 1. The van der Waals surface area contributed by atoms with Crippen LogP contribution < -0.4 is 5.32 Å². The first kappa shape index (κ1) is 14.0. The minimum Gasteiger partial charge on any atom is -0.352 e. The van der Waals surface area contributed by atoms with E-state index in [2.05, 4.69) is 33.2 Å². The van der Waals surface area contributed by atoms with Gasteiger partial charge in [-0.1, -0.05) is 35.0 Å². The third-order valence-electron chi connectivity index (χ3n) is 3.10. The summed E-state index contributed by atoms with van der Waals surface area (Å²) >= 11 is 3.41. The van der Waals surface area contributed by atoms with Crippen LogP contribution in [0.15, 0.2) is 36.5 Å². The quantitative estimate of drug-likeness (QED) is 0.858. The third-order valence-corrected chi connectivity index (χ3v) is 3.56. The van der Waals surface area contributed by atoms with Crippen LogP contribution in [-0.2, 0) is 0 Å². The summed E-state index contributed by atoms with van der Waals surface area (Å²) in [5.41, 5.74) is 1.54. The maximum absolute atomic E-state index is 12.2. The summed E-state index contributed by atoms with van der Waals surface area (Å²) in [6.07, 6.45) is 2.79. The lowest BCUT2D eigenvalue weighted by atomic mass is 10.1. The maximum Gasteiger partial charge on any atom is 0.251 e. The Morgan fingerprint density at radius 3 is 3.00 bits per heavy atom. The number of hydrogen-bond donors (Lipinski definition) is 1. The molecular weight excluding hydrogens is 304 g/mol. The van der Waals surface area contributed by atoms with E-state index in [0.29, 0.717) is 18.0 Å². The van der Waals surface area contributed by atoms with Gasteiger partial charge in [0.1, 0.15) is 0 Å². The van der Waals surface area contributed by atoms with E-state index in [1.54, 1.807) is 6.20 Å². The Morgan fingerprint density at radius 2 is 2.21 bits per heavy atom. The Kier molecular flexibility index (Phi) is 4.91. The molecule has 0 aliphatic rings. The molecule has 0 saturated heterocycles. The van der Waals surface area contributed by atoms with E-state index in [9.17, 15) is 4.79 Å². The van der Waals surface area contributed by atoms with Gasteiger partial charge in [0, 0.05) is 29.0 Å². The average Bonchev–Trinajstić information content (AvgIpc) is 2.44. The van der Waals surface area contributed by atoms with E-state index < -0.39 is 0 Å². The van der Waals surface area contributed by atoms with Crippen molar-refractivity contribution in [2.24, 2.45) is 5.92 Å². The van der Waals surface area contributed by atoms with Gasteiger partial charge in [0.05, 0.1) is 5.52 Å². The Morgan fingerprint density at radius 1 is 1.37 bits per heavy atom. The molecule has 1 N–H and O–H groups in total. The smallest absolute Gasteiger partial charge is 0.251 e. The second kappa shape index (κ2) is 6.66. The summed E-state index contributed by atoms with van der Waals surface area (Å²) in [5, 5.41) is 4.85. The van der Waals surface area contributed by atoms with Gasteiger partial charge in [0.15, 0.2) is 0 Å². The first-order valence-electron chi connectivity index (χ1n) is 6.40. The van der Waals surface area contributed by atoms with Crippen LogP contribution in [0.3, 0.4) is 0 Å². The number of rotatable bonds is 5. The molecule has 0 spiro atoms. The first-order valence-corrected chi connectivity index (χ1v) is 7.52. The van der Waals surface area contributed by atoms with Crippen LogP contribution in [0.2, 0.25) is 0 Å². The van der Waals surface area contributed by atoms with Gasteiger partial charge in [0.2, 0.25) is 0 Å². The zero-order valence-corrected chi connectivity index (χ0v) is 12.5. The van der Waals surface area contributed by atoms with Crippen molar-refractivity contribution in [2.45, 2.75) is 13.3 Å². The van der Waals surface area contributed by atoms with Crippen molar-refractivity contribution in [3.8, 4) is 0 Å². The van der Waals surface area contributed by atoms with Gasteiger partial charge in [-0.2, -0.15) is 0 Å². The number of halogens is 1. The number of amides is 1. The highest BCUT2D eigenvalue weighted by molar-refractivity contribution is 9.09. The summed E-state index contributed by atoms with van der Waals surface area (Å²) in [6, 6.07) is 9.41. The van der Waals surface area contributed by atoms with Gasteiger partial charge < -0.3 is 5.32 Å². The number of nitrogens with one attached hydrogen (secondary N) is 1. The van der Waals surface area contributed by atoms with Gasteiger partial charge in [-0.05, 0) is 30.5 Å². The van der Waals surface area contributed by atoms with Crippen LogP contribution in [0.4, 0.5) is 0 Å². The van der Waals surface area contributed by atoms with Crippen molar-refractivity contribution in [1.29, 1.82) is 0 Å². The largest absolute Gasteiger partial charge is 0.352 e. The number of carbonyl (C=O) groups excluding carboxylic acids is 1. The lowest BCUT2D eigenvalue weighted by Crippen LogP contribution is -2.28. The van der Waals surface area contributed by atoms with E-state index >= 15 is 0 Å². The third kappa shape index (κ3) is 3.53. The van der Waals surface area contributed by atoms with E-state index in [4.69, 9.17) is 0 Å². The van der Waals surface area contributed by atoms with Crippen LogP contribution in [-0.4, -0.2) is 22.8 Å². The molecule has 4 heteroatoms. The molecule has 19 heavy (non-hydrogen) atoms. The minimum absolute atomic E-state index is 0.0278. The highest BCUT2D eigenvalue weighted by Crippen LogP contribution is 2.16. The van der Waals surface area contributed by atoms with E-state index in [1.165, 1.54) is 0 Å². The summed E-state index contributed by atoms with van der Waals surface area (Å²) in [6.45, 7) is 2.83. The number of aromatic nitrogens is 1. The maximum atomic E-state index is 12.2. The second-order valence-electron chi connectivity index (χ2n) is 4.67.